The van der Waals surface area contributed by atoms with Gasteiger partial charge in [0.05, 0.1) is 12.1 Å². The summed E-state index contributed by atoms with van der Waals surface area (Å²) in [7, 11) is 0. The number of fused-ring (bicyclic) bond motifs is 2. The number of para-hydroxylation sites is 1. The Morgan fingerprint density at radius 1 is 1.00 bits per heavy atom. The SMILES string of the molecule is O=C(Cc1cc(-c2cc3ccccc3o2)on1)NCc1ccc2c(c1)OCO2. The van der Waals surface area contributed by atoms with Gasteiger partial charge in [-0.25, -0.2) is 0 Å². The molecule has 0 radical (unpaired) electrons. The first-order valence-corrected chi connectivity index (χ1v) is 8.84. The molecule has 0 bridgehead atoms. The normalized spacial score (nSPS) is 12.4. The van der Waals surface area contributed by atoms with E-state index in [0.29, 0.717) is 29.5 Å². The van der Waals surface area contributed by atoms with Gasteiger partial charge in [-0.2, -0.15) is 0 Å². The number of benzene rings is 2. The van der Waals surface area contributed by atoms with Crippen LogP contribution >= 0.6 is 0 Å². The minimum atomic E-state index is -0.151. The Labute approximate surface area is 159 Å². The monoisotopic (exact) mass is 376 g/mol. The van der Waals surface area contributed by atoms with Crippen LogP contribution in [0.15, 0.2) is 63.5 Å². The highest BCUT2D eigenvalue weighted by Gasteiger charge is 2.15. The second kappa shape index (κ2) is 6.77. The summed E-state index contributed by atoms with van der Waals surface area (Å²) in [5.41, 5.74) is 2.25. The molecule has 140 valence electrons. The van der Waals surface area contributed by atoms with E-state index in [1.54, 1.807) is 6.07 Å². The van der Waals surface area contributed by atoms with Crippen LogP contribution in [0.1, 0.15) is 11.3 Å². The van der Waals surface area contributed by atoms with Gasteiger partial charge in [-0.05, 0) is 29.8 Å². The molecule has 0 spiro atoms. The van der Waals surface area contributed by atoms with Crippen molar-refractivity contribution in [2.45, 2.75) is 13.0 Å². The van der Waals surface area contributed by atoms with Gasteiger partial charge in [-0.15, -0.1) is 0 Å². The van der Waals surface area contributed by atoms with E-state index in [0.717, 1.165) is 22.3 Å². The summed E-state index contributed by atoms with van der Waals surface area (Å²) in [6, 6.07) is 16.9. The molecule has 0 aliphatic carbocycles. The molecule has 7 heteroatoms. The maximum atomic E-state index is 12.2. The summed E-state index contributed by atoms with van der Waals surface area (Å²) in [6.45, 7) is 0.620. The first-order chi connectivity index (χ1) is 13.7. The van der Waals surface area contributed by atoms with Crippen LogP contribution < -0.4 is 14.8 Å². The number of hydrogen-bond acceptors (Lipinski definition) is 6. The summed E-state index contributed by atoms with van der Waals surface area (Å²) in [4.78, 5) is 12.2. The van der Waals surface area contributed by atoms with Crippen LogP contribution in [-0.4, -0.2) is 17.9 Å². The molecule has 0 unspecified atom stereocenters. The number of hydrogen-bond donors (Lipinski definition) is 1. The largest absolute Gasteiger partial charge is 0.454 e. The van der Waals surface area contributed by atoms with Gasteiger partial charge in [0.2, 0.25) is 18.5 Å². The van der Waals surface area contributed by atoms with Gasteiger partial charge in [0, 0.05) is 18.0 Å². The van der Waals surface area contributed by atoms with Gasteiger partial charge < -0.3 is 23.7 Å². The summed E-state index contributed by atoms with van der Waals surface area (Å²) in [5, 5.41) is 7.82. The first-order valence-electron chi connectivity index (χ1n) is 8.84. The average molecular weight is 376 g/mol. The molecule has 28 heavy (non-hydrogen) atoms. The lowest BCUT2D eigenvalue weighted by atomic mass is 10.2. The summed E-state index contributed by atoms with van der Waals surface area (Å²) < 4.78 is 21.7. The number of carbonyl (C=O) groups excluding carboxylic acids is 1. The van der Waals surface area contributed by atoms with Crippen molar-refractivity contribution in [2.75, 3.05) is 6.79 Å². The molecule has 1 aliphatic heterocycles. The van der Waals surface area contributed by atoms with Crippen molar-refractivity contribution < 1.29 is 23.2 Å². The molecule has 0 fully saturated rings. The fourth-order valence-corrected chi connectivity index (χ4v) is 3.09. The molecule has 5 rings (SSSR count). The van der Waals surface area contributed by atoms with Gasteiger partial charge in [-0.1, -0.05) is 29.4 Å². The van der Waals surface area contributed by atoms with E-state index in [1.807, 2.05) is 48.5 Å². The van der Waals surface area contributed by atoms with Crippen molar-refractivity contribution in [3.63, 3.8) is 0 Å². The van der Waals surface area contributed by atoms with Gasteiger partial charge in [0.15, 0.2) is 17.3 Å². The van der Waals surface area contributed by atoms with E-state index in [1.165, 1.54) is 0 Å². The smallest absolute Gasteiger partial charge is 0.231 e. The Bertz CT molecular complexity index is 1130. The lowest BCUT2D eigenvalue weighted by Crippen LogP contribution is -2.24. The first kappa shape index (κ1) is 16.4. The Balaban J connectivity index is 1.22. The zero-order valence-electron chi connectivity index (χ0n) is 14.8. The average Bonchev–Trinajstić information content (AvgIpc) is 3.44. The second-order valence-corrected chi connectivity index (χ2v) is 6.47. The number of aromatic nitrogens is 1. The topological polar surface area (TPSA) is 86.7 Å². The molecule has 0 saturated heterocycles. The summed E-state index contributed by atoms with van der Waals surface area (Å²) in [6.07, 6.45) is 0.119. The highest BCUT2D eigenvalue weighted by Crippen LogP contribution is 2.32. The van der Waals surface area contributed by atoms with Gasteiger partial charge in [0.1, 0.15) is 5.58 Å². The molecular weight excluding hydrogens is 360 g/mol. The minimum Gasteiger partial charge on any atom is -0.454 e. The second-order valence-electron chi connectivity index (χ2n) is 6.47. The highest BCUT2D eigenvalue weighted by atomic mass is 16.7. The Morgan fingerprint density at radius 2 is 1.89 bits per heavy atom. The van der Waals surface area contributed by atoms with Crippen molar-refractivity contribution >= 4 is 16.9 Å². The van der Waals surface area contributed by atoms with Crippen molar-refractivity contribution in [1.82, 2.24) is 10.5 Å². The molecule has 1 N–H and O–H groups in total. The predicted molar refractivity (Wildman–Crippen MR) is 99.8 cm³/mol. The number of nitrogens with zero attached hydrogens (tertiary/aromatic N) is 1. The third kappa shape index (κ3) is 3.18. The van der Waals surface area contributed by atoms with Gasteiger partial charge >= 0.3 is 0 Å². The van der Waals surface area contributed by atoms with E-state index in [2.05, 4.69) is 10.5 Å². The van der Waals surface area contributed by atoms with E-state index in [9.17, 15) is 4.79 Å². The van der Waals surface area contributed by atoms with Crippen LogP contribution in [0.5, 0.6) is 11.5 Å². The molecule has 0 atom stereocenters. The van der Waals surface area contributed by atoms with E-state index in [4.69, 9.17) is 18.4 Å². The maximum absolute atomic E-state index is 12.2. The number of amides is 1. The van der Waals surface area contributed by atoms with Gasteiger partial charge in [-0.3, -0.25) is 4.79 Å². The summed E-state index contributed by atoms with van der Waals surface area (Å²) in [5.74, 6) is 2.34. The number of furan rings is 1. The molecular formula is C21H16N2O5. The van der Waals surface area contributed by atoms with Crippen molar-refractivity contribution in [2.24, 2.45) is 0 Å². The van der Waals surface area contributed by atoms with E-state index >= 15 is 0 Å². The van der Waals surface area contributed by atoms with Crippen LogP contribution in [0, 0.1) is 0 Å². The van der Waals surface area contributed by atoms with Crippen LogP contribution in [0.4, 0.5) is 0 Å². The fourth-order valence-electron chi connectivity index (χ4n) is 3.09. The number of carbonyl (C=O) groups is 1. The quantitative estimate of drug-likeness (QED) is 0.572. The van der Waals surface area contributed by atoms with Gasteiger partial charge in [0.25, 0.3) is 0 Å². The standard InChI is InChI=1S/C21H16N2O5/c24-21(22-11-13-5-6-17-18(7-13)26-12-25-17)10-15-9-20(28-23-15)19-8-14-3-1-2-4-16(14)27-19/h1-9H,10-12H2,(H,22,24). The molecule has 7 nitrogen and oxygen atoms in total. The third-order valence-corrected chi connectivity index (χ3v) is 4.50. The Kier molecular flexibility index (Phi) is 3.97. The molecule has 2 aromatic heterocycles. The molecule has 1 aliphatic rings. The predicted octanol–water partition coefficient (Wildman–Crippen LogP) is 3.68. The van der Waals surface area contributed by atoms with E-state index < -0.39 is 0 Å². The maximum Gasteiger partial charge on any atom is 0.231 e. The third-order valence-electron chi connectivity index (χ3n) is 4.50. The number of nitrogens with one attached hydrogen (secondary N) is 1. The highest BCUT2D eigenvalue weighted by molar-refractivity contribution is 5.82. The minimum absolute atomic E-state index is 0.119. The summed E-state index contributed by atoms with van der Waals surface area (Å²) >= 11 is 0. The van der Waals surface area contributed by atoms with Crippen LogP contribution in [0.25, 0.3) is 22.5 Å². The molecule has 3 heterocycles. The van der Waals surface area contributed by atoms with Crippen LogP contribution in [0.3, 0.4) is 0 Å². The fraction of sp³-hybridized carbons (Fsp3) is 0.143. The zero-order chi connectivity index (χ0) is 18.9. The molecule has 0 saturated carbocycles. The molecule has 4 aromatic rings. The van der Waals surface area contributed by atoms with Crippen LogP contribution in [0.2, 0.25) is 0 Å². The molecule has 1 amide bonds. The lowest BCUT2D eigenvalue weighted by molar-refractivity contribution is -0.120. The zero-order valence-corrected chi connectivity index (χ0v) is 14.8. The van der Waals surface area contributed by atoms with E-state index in [-0.39, 0.29) is 19.1 Å². The van der Waals surface area contributed by atoms with Crippen molar-refractivity contribution in [1.29, 1.82) is 0 Å². The molecule has 2 aromatic carbocycles. The van der Waals surface area contributed by atoms with Crippen LogP contribution in [-0.2, 0) is 17.8 Å². The Hall–Kier alpha value is -3.74. The Morgan fingerprint density at radius 3 is 2.82 bits per heavy atom. The number of rotatable bonds is 5. The van der Waals surface area contributed by atoms with Crippen molar-refractivity contribution in [3.8, 4) is 23.0 Å². The van der Waals surface area contributed by atoms with Crippen molar-refractivity contribution in [3.05, 3.63) is 65.9 Å². The lowest BCUT2D eigenvalue weighted by Gasteiger charge is -2.05. The number of ether oxygens (including phenoxy) is 2.